The Hall–Kier alpha value is -1.69. The monoisotopic (exact) mass is 363 g/mol. The number of amides is 1. The SMILES string of the molecule is CC1(C)CSCC(C(=O)O)(N(C(=O)OCc2ccccc2)C2CC2)C1. The van der Waals surface area contributed by atoms with Gasteiger partial charge in [-0.1, -0.05) is 44.2 Å². The Morgan fingerprint density at radius 3 is 2.48 bits per heavy atom. The van der Waals surface area contributed by atoms with Gasteiger partial charge in [0.25, 0.3) is 0 Å². The van der Waals surface area contributed by atoms with Gasteiger partial charge in [-0.2, -0.15) is 11.8 Å². The van der Waals surface area contributed by atoms with Gasteiger partial charge in [0.1, 0.15) is 6.61 Å². The summed E-state index contributed by atoms with van der Waals surface area (Å²) in [5, 5.41) is 10.0. The molecule has 1 amide bonds. The molecule has 1 N–H and O–H groups in total. The van der Waals surface area contributed by atoms with E-state index in [1.807, 2.05) is 30.3 Å². The predicted octanol–water partition coefficient (Wildman–Crippen LogP) is 3.77. The van der Waals surface area contributed by atoms with Crippen molar-refractivity contribution in [3.63, 3.8) is 0 Å². The number of nitrogens with zero attached hydrogens (tertiary/aromatic N) is 1. The normalized spacial score (nSPS) is 25.2. The van der Waals surface area contributed by atoms with Crippen LogP contribution in [0, 0.1) is 5.41 Å². The molecule has 136 valence electrons. The molecule has 0 bridgehead atoms. The molecule has 1 unspecified atom stereocenters. The largest absolute Gasteiger partial charge is 0.479 e. The minimum atomic E-state index is -1.18. The average molecular weight is 363 g/mol. The molecule has 2 aliphatic rings. The zero-order chi connectivity index (χ0) is 18.1. The zero-order valence-electron chi connectivity index (χ0n) is 14.7. The lowest BCUT2D eigenvalue weighted by atomic mass is 9.78. The van der Waals surface area contributed by atoms with Crippen LogP contribution in [-0.2, 0) is 16.1 Å². The summed E-state index contributed by atoms with van der Waals surface area (Å²) in [7, 11) is 0. The lowest BCUT2D eigenvalue weighted by Gasteiger charge is -2.47. The number of carbonyl (C=O) groups excluding carboxylic acids is 1. The van der Waals surface area contributed by atoms with E-state index in [0.29, 0.717) is 12.2 Å². The molecule has 0 aromatic heterocycles. The van der Waals surface area contributed by atoms with Crippen molar-refractivity contribution >= 4 is 23.8 Å². The molecule has 1 aliphatic heterocycles. The van der Waals surface area contributed by atoms with Crippen LogP contribution >= 0.6 is 11.8 Å². The standard InChI is InChI=1S/C19H25NO4S/c1-18(2)11-19(16(21)22,13-25-12-18)20(15-8-9-15)17(23)24-10-14-6-4-3-5-7-14/h3-7,15H,8-13H2,1-2H3,(H,21,22). The minimum absolute atomic E-state index is 0.0196. The van der Waals surface area contributed by atoms with Crippen LogP contribution in [0.3, 0.4) is 0 Å². The predicted molar refractivity (Wildman–Crippen MR) is 97.6 cm³/mol. The van der Waals surface area contributed by atoms with E-state index < -0.39 is 17.6 Å². The van der Waals surface area contributed by atoms with Crippen molar-refractivity contribution in [2.75, 3.05) is 11.5 Å². The van der Waals surface area contributed by atoms with Gasteiger partial charge in [-0.05, 0) is 36.0 Å². The molecule has 1 heterocycles. The fourth-order valence-corrected chi connectivity index (χ4v) is 5.04. The Morgan fingerprint density at radius 1 is 1.24 bits per heavy atom. The second kappa shape index (κ2) is 6.90. The second-order valence-electron chi connectivity index (χ2n) is 7.81. The van der Waals surface area contributed by atoms with Gasteiger partial charge in [-0.15, -0.1) is 0 Å². The van der Waals surface area contributed by atoms with E-state index in [1.165, 1.54) is 4.90 Å². The molecule has 25 heavy (non-hydrogen) atoms. The Labute approximate surface area is 152 Å². The smallest absolute Gasteiger partial charge is 0.411 e. The maximum absolute atomic E-state index is 12.8. The van der Waals surface area contributed by atoms with Crippen LogP contribution in [0.2, 0.25) is 0 Å². The first-order valence-electron chi connectivity index (χ1n) is 8.65. The van der Waals surface area contributed by atoms with Crippen LogP contribution in [0.4, 0.5) is 4.79 Å². The van der Waals surface area contributed by atoms with Gasteiger partial charge in [-0.3, -0.25) is 4.90 Å². The number of carboxylic acid groups (broad SMARTS) is 1. The number of carbonyl (C=O) groups is 2. The number of hydrogen-bond donors (Lipinski definition) is 1. The summed E-state index contributed by atoms with van der Waals surface area (Å²) in [6, 6.07) is 9.45. The number of thioether (sulfide) groups is 1. The Kier molecular flexibility index (Phi) is 5.00. The molecule has 1 saturated carbocycles. The summed E-state index contributed by atoms with van der Waals surface area (Å²) in [4.78, 5) is 26.6. The summed E-state index contributed by atoms with van der Waals surface area (Å²) >= 11 is 1.61. The summed E-state index contributed by atoms with van der Waals surface area (Å²) in [6.07, 6.45) is 1.65. The quantitative estimate of drug-likeness (QED) is 0.862. The molecule has 1 atom stereocenters. The van der Waals surface area contributed by atoms with E-state index in [0.717, 1.165) is 24.2 Å². The van der Waals surface area contributed by atoms with Gasteiger partial charge in [0.2, 0.25) is 0 Å². The van der Waals surface area contributed by atoms with Crippen LogP contribution in [0.25, 0.3) is 0 Å². The van der Waals surface area contributed by atoms with E-state index in [9.17, 15) is 14.7 Å². The van der Waals surface area contributed by atoms with Crippen molar-refractivity contribution < 1.29 is 19.4 Å². The van der Waals surface area contributed by atoms with E-state index in [4.69, 9.17) is 4.74 Å². The molecule has 5 nitrogen and oxygen atoms in total. The molecular formula is C19H25NO4S. The summed E-state index contributed by atoms with van der Waals surface area (Å²) in [5.41, 5.74) is -0.412. The van der Waals surface area contributed by atoms with E-state index in [2.05, 4.69) is 13.8 Å². The average Bonchev–Trinajstić information content (AvgIpc) is 3.38. The van der Waals surface area contributed by atoms with Crippen LogP contribution in [-0.4, -0.2) is 45.2 Å². The maximum atomic E-state index is 12.8. The third kappa shape index (κ3) is 3.94. The molecule has 1 saturated heterocycles. The number of ether oxygens (including phenoxy) is 1. The highest BCUT2D eigenvalue weighted by atomic mass is 32.2. The van der Waals surface area contributed by atoms with Gasteiger partial charge < -0.3 is 9.84 Å². The van der Waals surface area contributed by atoms with Crippen molar-refractivity contribution in [2.45, 2.75) is 51.3 Å². The Balaban J connectivity index is 1.81. The third-order valence-electron chi connectivity index (χ3n) is 4.78. The summed E-state index contributed by atoms with van der Waals surface area (Å²) in [5.74, 6) is 0.402. The van der Waals surface area contributed by atoms with E-state index in [1.54, 1.807) is 11.8 Å². The molecule has 0 radical (unpaired) electrons. The van der Waals surface area contributed by atoms with Crippen LogP contribution in [0.1, 0.15) is 38.7 Å². The van der Waals surface area contributed by atoms with Crippen LogP contribution in [0.15, 0.2) is 30.3 Å². The Bertz CT molecular complexity index is 644. The van der Waals surface area contributed by atoms with E-state index in [-0.39, 0.29) is 18.1 Å². The van der Waals surface area contributed by atoms with Gasteiger partial charge in [0.15, 0.2) is 5.54 Å². The van der Waals surface area contributed by atoms with Crippen LogP contribution < -0.4 is 0 Å². The highest BCUT2D eigenvalue weighted by Crippen LogP contribution is 2.46. The first kappa shape index (κ1) is 18.1. The first-order chi connectivity index (χ1) is 11.8. The second-order valence-corrected chi connectivity index (χ2v) is 8.80. The van der Waals surface area contributed by atoms with Crippen molar-refractivity contribution in [1.29, 1.82) is 0 Å². The van der Waals surface area contributed by atoms with Crippen molar-refractivity contribution in [3.05, 3.63) is 35.9 Å². The van der Waals surface area contributed by atoms with Crippen molar-refractivity contribution in [3.8, 4) is 0 Å². The summed E-state index contributed by atoms with van der Waals surface area (Å²) in [6.45, 7) is 4.30. The molecule has 1 aromatic carbocycles. The zero-order valence-corrected chi connectivity index (χ0v) is 15.6. The Morgan fingerprint density at radius 2 is 1.92 bits per heavy atom. The van der Waals surface area contributed by atoms with E-state index >= 15 is 0 Å². The number of hydrogen-bond acceptors (Lipinski definition) is 4. The maximum Gasteiger partial charge on any atom is 0.411 e. The van der Waals surface area contributed by atoms with Gasteiger partial charge in [0, 0.05) is 11.8 Å². The highest BCUT2D eigenvalue weighted by molar-refractivity contribution is 7.99. The van der Waals surface area contributed by atoms with Crippen molar-refractivity contribution in [2.24, 2.45) is 5.41 Å². The molecule has 0 spiro atoms. The molecule has 6 heteroatoms. The van der Waals surface area contributed by atoms with Crippen LogP contribution in [0.5, 0.6) is 0 Å². The lowest BCUT2D eigenvalue weighted by molar-refractivity contribution is -0.152. The number of rotatable bonds is 5. The number of aliphatic carboxylic acids is 1. The molecule has 2 fully saturated rings. The molecule has 1 aliphatic carbocycles. The molecule has 1 aromatic rings. The van der Waals surface area contributed by atoms with Gasteiger partial charge in [0.05, 0.1) is 0 Å². The molecule has 3 rings (SSSR count). The van der Waals surface area contributed by atoms with Gasteiger partial charge >= 0.3 is 12.1 Å². The topological polar surface area (TPSA) is 66.8 Å². The minimum Gasteiger partial charge on any atom is -0.479 e. The fourth-order valence-electron chi connectivity index (χ4n) is 3.58. The summed E-state index contributed by atoms with van der Waals surface area (Å²) < 4.78 is 5.50. The number of benzene rings is 1. The number of carboxylic acids is 1. The fraction of sp³-hybridized carbons (Fsp3) is 0.579. The first-order valence-corrected chi connectivity index (χ1v) is 9.81. The molecular weight excluding hydrogens is 338 g/mol. The highest BCUT2D eigenvalue weighted by Gasteiger charge is 2.56. The van der Waals surface area contributed by atoms with Gasteiger partial charge in [-0.25, -0.2) is 9.59 Å². The lowest BCUT2D eigenvalue weighted by Crippen LogP contribution is -2.63. The third-order valence-corrected chi connectivity index (χ3v) is 6.45. The van der Waals surface area contributed by atoms with Crippen molar-refractivity contribution in [1.82, 2.24) is 4.90 Å².